The van der Waals surface area contributed by atoms with Gasteiger partial charge < -0.3 is 0 Å². The molecule has 0 radical (unpaired) electrons. The van der Waals surface area contributed by atoms with Gasteiger partial charge in [-0.1, -0.05) is 13.3 Å². The Morgan fingerprint density at radius 2 is 1.08 bits per heavy atom. The van der Waals surface area contributed by atoms with Crippen LogP contribution in [0.1, 0.15) is 32.6 Å². The number of hydrogen-bond donors (Lipinski definition) is 0. The molecule has 20 unspecified atom stereocenters. The standard InChI is InChI=1S/C26H26/c1-2-7-8-5-11-15-18-17-13-9-3-6-4-10-14-19-20-16-12(7)22(8,11)24(15,16)26(18,20)25(17,19)23(13,14)21(6,9)10/h6-20H,2-5H2,1H3/t6?,7-,8?,9?,10?,11?,12?,13?,14?,15?,16?,17?,18?,19?,20?,21?,22?,23?,24?,25?,26?/m1/s1. The Balaban J connectivity index is 1.08. The molecular weight excluding hydrogens is 312 g/mol. The van der Waals surface area contributed by atoms with Crippen molar-refractivity contribution in [2.45, 2.75) is 32.6 Å². The fraction of sp³-hybridized carbons (Fsp3) is 1.00. The van der Waals surface area contributed by atoms with E-state index in [0.717, 1.165) is 32.5 Å². The van der Waals surface area contributed by atoms with Gasteiger partial charge in [0.15, 0.2) is 0 Å². The highest BCUT2D eigenvalue weighted by Crippen LogP contribution is 3.32. The summed E-state index contributed by atoms with van der Waals surface area (Å²) in [5.41, 5.74) is 6.46. The van der Waals surface area contributed by atoms with Gasteiger partial charge in [0.05, 0.1) is 0 Å². The summed E-state index contributed by atoms with van der Waals surface area (Å²) in [6.07, 6.45) is 6.73. The normalized spacial score (nSPS) is 110. The van der Waals surface area contributed by atoms with Gasteiger partial charge in [0.25, 0.3) is 0 Å². The number of fused-ring (bicyclic) bond motifs is 10. The van der Waals surface area contributed by atoms with Crippen LogP contribution in [0.2, 0.25) is 0 Å². The van der Waals surface area contributed by atoms with E-state index in [-0.39, 0.29) is 0 Å². The predicted molar refractivity (Wildman–Crippen MR) is 91.1 cm³/mol. The molecule has 0 aromatic heterocycles. The summed E-state index contributed by atoms with van der Waals surface area (Å²) < 4.78 is 0. The SMILES string of the molecule is CC[C@@H]1C2CC3C4C5C6C7C8CC9CC%10C%11C%12C%13C%14C1C32C4%14C5%13C6%12C7%11C98%10. The molecule has 26 heavy (non-hydrogen) atoms. The summed E-state index contributed by atoms with van der Waals surface area (Å²) in [4.78, 5) is 0. The summed E-state index contributed by atoms with van der Waals surface area (Å²) in [5.74, 6) is 19.8. The Hall–Kier alpha value is 0. The van der Waals surface area contributed by atoms with Crippen LogP contribution in [-0.4, -0.2) is 0 Å². The predicted octanol–water partition coefficient (Wildman–Crippen LogP) is 3.92. The van der Waals surface area contributed by atoms with E-state index in [0.29, 0.717) is 0 Å². The molecule has 0 nitrogen and oxygen atoms in total. The molecule has 0 bridgehead atoms. The van der Waals surface area contributed by atoms with Crippen LogP contribution in [0.15, 0.2) is 0 Å². The lowest BCUT2D eigenvalue weighted by Gasteiger charge is -3.31. The van der Waals surface area contributed by atoms with E-state index in [1.54, 1.807) is 25.7 Å². The fourth-order valence-electron chi connectivity index (χ4n) is 20.9. The lowest BCUT2D eigenvalue weighted by Crippen LogP contribution is -3.29. The average Bonchev–Trinajstić information content (AvgIpc) is 2.52. The molecule has 14 rings (SSSR count). The van der Waals surface area contributed by atoms with Crippen LogP contribution in [0, 0.1) is 121 Å². The summed E-state index contributed by atoms with van der Waals surface area (Å²) in [7, 11) is 0. The first kappa shape index (κ1) is 10.7. The minimum atomic E-state index is 1.05. The van der Waals surface area contributed by atoms with Gasteiger partial charge in [-0.25, -0.2) is 0 Å². The molecule has 14 aliphatic rings. The van der Waals surface area contributed by atoms with Crippen molar-refractivity contribution in [2.75, 3.05) is 0 Å². The van der Waals surface area contributed by atoms with Gasteiger partial charge in [-0.05, 0) is 141 Å². The van der Waals surface area contributed by atoms with Gasteiger partial charge in [-0.3, -0.25) is 0 Å². The van der Waals surface area contributed by atoms with Crippen molar-refractivity contribution >= 4 is 0 Å². The average molecular weight is 338 g/mol. The van der Waals surface area contributed by atoms with Crippen LogP contribution in [0.25, 0.3) is 0 Å². The van der Waals surface area contributed by atoms with Crippen molar-refractivity contribution in [3.63, 3.8) is 0 Å². The molecule has 0 amide bonds. The molecule has 14 aliphatic carbocycles. The van der Waals surface area contributed by atoms with Gasteiger partial charge in [0.1, 0.15) is 0 Å². The van der Waals surface area contributed by atoms with E-state index >= 15 is 0 Å². The third-order valence-electron chi connectivity index (χ3n) is 18.4. The molecular formula is C26H26. The Morgan fingerprint density at radius 1 is 0.538 bits per heavy atom. The largest absolute Gasteiger partial charge is 0.0651 e. The Morgan fingerprint density at radius 3 is 1.69 bits per heavy atom. The second-order valence-electron chi connectivity index (χ2n) is 15.0. The first-order valence-electron chi connectivity index (χ1n) is 12.9. The van der Waals surface area contributed by atoms with Crippen molar-refractivity contribution in [1.82, 2.24) is 0 Å². The topological polar surface area (TPSA) is 0 Å². The second-order valence-corrected chi connectivity index (χ2v) is 15.0. The van der Waals surface area contributed by atoms with Crippen molar-refractivity contribution in [2.24, 2.45) is 121 Å². The molecule has 14 fully saturated rings. The fourth-order valence-corrected chi connectivity index (χ4v) is 20.9. The van der Waals surface area contributed by atoms with Crippen LogP contribution >= 0.6 is 0 Å². The maximum Gasteiger partial charge on any atom is -0.00933 e. The quantitative estimate of drug-likeness (QED) is 0.680. The first-order valence-corrected chi connectivity index (χ1v) is 12.9. The Kier molecular flexibility index (Phi) is 0.819. The van der Waals surface area contributed by atoms with E-state index in [1.807, 2.05) is 0 Å². The van der Waals surface area contributed by atoms with Gasteiger partial charge in [-0.2, -0.15) is 0 Å². The molecule has 6 spiro atoms. The molecule has 0 saturated heterocycles. The van der Waals surface area contributed by atoms with Crippen molar-refractivity contribution in [3.8, 4) is 0 Å². The Labute approximate surface area is 154 Å². The van der Waals surface area contributed by atoms with Gasteiger partial charge in [0.2, 0.25) is 0 Å². The van der Waals surface area contributed by atoms with Crippen molar-refractivity contribution < 1.29 is 0 Å². The molecule has 130 valence electrons. The minimum absolute atomic E-state index is 1.05. The third kappa shape index (κ3) is 0.348. The van der Waals surface area contributed by atoms with Crippen LogP contribution < -0.4 is 0 Å². The van der Waals surface area contributed by atoms with Crippen molar-refractivity contribution in [1.29, 1.82) is 0 Å². The molecule has 0 heteroatoms. The maximum absolute atomic E-state index is 2.55. The number of hydrogen-bond acceptors (Lipinski definition) is 0. The van der Waals surface area contributed by atoms with Gasteiger partial charge in [-0.15, -0.1) is 0 Å². The highest BCUT2D eigenvalue weighted by molar-refractivity contribution is 5.75. The highest BCUT2D eigenvalue weighted by Gasteiger charge is 3.29. The second kappa shape index (κ2) is 1.99. The lowest BCUT2D eigenvalue weighted by molar-refractivity contribution is -0.859. The lowest BCUT2D eigenvalue weighted by atomic mass is 8.72. The van der Waals surface area contributed by atoms with Crippen LogP contribution in [0.4, 0.5) is 0 Å². The van der Waals surface area contributed by atoms with Gasteiger partial charge >= 0.3 is 0 Å². The zero-order chi connectivity index (χ0) is 15.5. The smallest absolute Gasteiger partial charge is 0.00933 e. The third-order valence-corrected chi connectivity index (χ3v) is 18.4. The van der Waals surface area contributed by atoms with Crippen LogP contribution in [0.3, 0.4) is 0 Å². The van der Waals surface area contributed by atoms with E-state index in [4.69, 9.17) is 0 Å². The van der Waals surface area contributed by atoms with Crippen LogP contribution in [0.5, 0.6) is 0 Å². The molecule has 0 aromatic rings. The van der Waals surface area contributed by atoms with Gasteiger partial charge in [0, 0.05) is 0 Å². The summed E-state index contributed by atoms with van der Waals surface area (Å²) in [5, 5.41) is 0. The highest BCUT2D eigenvalue weighted by atomic mass is 15.3. The molecule has 0 heterocycles. The molecule has 0 aromatic carbocycles. The zero-order valence-corrected chi connectivity index (χ0v) is 15.5. The number of rotatable bonds is 1. The van der Waals surface area contributed by atoms with E-state index < -0.39 is 0 Å². The first-order chi connectivity index (χ1) is 12.9. The minimum Gasteiger partial charge on any atom is -0.0651 e. The van der Waals surface area contributed by atoms with E-state index in [1.165, 1.54) is 88.8 Å². The van der Waals surface area contributed by atoms with Crippen molar-refractivity contribution in [3.05, 3.63) is 0 Å². The molecule has 0 N–H and O–H groups in total. The maximum atomic E-state index is 2.55. The summed E-state index contributed by atoms with van der Waals surface area (Å²) in [6, 6.07) is 0. The van der Waals surface area contributed by atoms with Crippen LogP contribution in [-0.2, 0) is 0 Å². The summed E-state index contributed by atoms with van der Waals surface area (Å²) in [6.45, 7) is 2.55. The Bertz CT molecular complexity index is 1090. The molecule has 14 saturated carbocycles. The van der Waals surface area contributed by atoms with E-state index in [9.17, 15) is 0 Å². The van der Waals surface area contributed by atoms with E-state index in [2.05, 4.69) is 6.92 Å². The zero-order valence-electron chi connectivity index (χ0n) is 15.5. The monoisotopic (exact) mass is 338 g/mol. The summed E-state index contributed by atoms with van der Waals surface area (Å²) >= 11 is 0. The molecule has 0 aliphatic heterocycles. The molecule has 21 atom stereocenters.